The fourth-order valence-corrected chi connectivity index (χ4v) is 2.28. The van der Waals surface area contributed by atoms with E-state index in [0.29, 0.717) is 0 Å². The van der Waals surface area contributed by atoms with Crippen molar-refractivity contribution in [3.63, 3.8) is 0 Å². The highest BCUT2D eigenvalue weighted by molar-refractivity contribution is 5.25. The van der Waals surface area contributed by atoms with Gasteiger partial charge in [0.1, 0.15) is 5.82 Å². The molecule has 0 saturated carbocycles. The van der Waals surface area contributed by atoms with Gasteiger partial charge in [0.2, 0.25) is 0 Å². The Morgan fingerprint density at radius 3 is 2.93 bits per heavy atom. The van der Waals surface area contributed by atoms with Gasteiger partial charge in [-0.1, -0.05) is 13.8 Å². The summed E-state index contributed by atoms with van der Waals surface area (Å²) < 4.78 is 0. The smallest absolute Gasteiger partial charge is 0.120 e. The van der Waals surface area contributed by atoms with Crippen LogP contribution in [0.5, 0.6) is 0 Å². The van der Waals surface area contributed by atoms with Crippen molar-refractivity contribution >= 4 is 0 Å². The van der Waals surface area contributed by atoms with Gasteiger partial charge in [0.05, 0.1) is 12.2 Å². The van der Waals surface area contributed by atoms with Crippen LogP contribution in [-0.4, -0.2) is 17.0 Å². The zero-order valence-corrected chi connectivity index (χ0v) is 9.28. The maximum Gasteiger partial charge on any atom is 0.120 e. The van der Waals surface area contributed by atoms with Crippen molar-refractivity contribution in [3.8, 4) is 0 Å². The Bertz CT molecular complexity index is 325. The Hall–Kier alpha value is -0.830. The van der Waals surface area contributed by atoms with Gasteiger partial charge in [-0.2, -0.15) is 0 Å². The van der Waals surface area contributed by atoms with E-state index in [1.807, 2.05) is 7.05 Å². The molecule has 0 aromatic carbocycles. The van der Waals surface area contributed by atoms with Crippen LogP contribution in [0.4, 0.5) is 0 Å². The number of aromatic amines is 1. The number of hydrogen-bond acceptors (Lipinski definition) is 2. The third-order valence-corrected chi connectivity index (χ3v) is 3.04. The van der Waals surface area contributed by atoms with Crippen molar-refractivity contribution in [3.05, 3.63) is 17.2 Å². The second kappa shape index (κ2) is 3.39. The Kier molecular flexibility index (Phi) is 2.35. The Labute approximate surface area is 85.3 Å². The molecule has 0 saturated heterocycles. The third kappa shape index (κ3) is 1.57. The van der Waals surface area contributed by atoms with Crippen molar-refractivity contribution in [2.24, 2.45) is 0 Å². The molecule has 78 valence electrons. The second-order valence-electron chi connectivity index (χ2n) is 4.78. The number of rotatable bonds is 2. The van der Waals surface area contributed by atoms with E-state index in [-0.39, 0.29) is 5.41 Å². The number of aryl methyl sites for hydroxylation is 1. The van der Waals surface area contributed by atoms with E-state index in [1.165, 1.54) is 24.2 Å². The molecule has 1 aromatic heterocycles. The van der Waals surface area contributed by atoms with E-state index in [0.717, 1.165) is 18.8 Å². The van der Waals surface area contributed by atoms with E-state index in [2.05, 4.69) is 29.1 Å². The van der Waals surface area contributed by atoms with E-state index in [1.54, 1.807) is 0 Å². The molecule has 1 aliphatic rings. The minimum absolute atomic E-state index is 0.260. The molecule has 0 spiro atoms. The van der Waals surface area contributed by atoms with E-state index < -0.39 is 0 Å². The Morgan fingerprint density at radius 1 is 1.50 bits per heavy atom. The lowest BCUT2D eigenvalue weighted by molar-refractivity contribution is 0.419. The maximum atomic E-state index is 4.68. The average molecular weight is 193 g/mol. The van der Waals surface area contributed by atoms with Gasteiger partial charge in [-0.25, -0.2) is 4.98 Å². The van der Waals surface area contributed by atoms with Crippen LogP contribution >= 0.6 is 0 Å². The molecule has 0 unspecified atom stereocenters. The van der Waals surface area contributed by atoms with Crippen molar-refractivity contribution in [1.82, 2.24) is 15.3 Å². The lowest BCUT2D eigenvalue weighted by atomic mass is 9.78. The van der Waals surface area contributed by atoms with E-state index >= 15 is 0 Å². The topological polar surface area (TPSA) is 40.7 Å². The number of nitrogens with zero attached hydrogens (tertiary/aromatic N) is 1. The molecule has 14 heavy (non-hydrogen) atoms. The maximum absolute atomic E-state index is 4.68. The number of aromatic nitrogens is 2. The predicted molar refractivity (Wildman–Crippen MR) is 57.3 cm³/mol. The summed E-state index contributed by atoms with van der Waals surface area (Å²) in [5, 5.41) is 3.13. The summed E-state index contributed by atoms with van der Waals surface area (Å²) >= 11 is 0. The summed E-state index contributed by atoms with van der Waals surface area (Å²) in [4.78, 5) is 8.09. The van der Waals surface area contributed by atoms with Gasteiger partial charge in [0, 0.05) is 11.1 Å². The fraction of sp³-hybridized carbons (Fsp3) is 0.727. The molecule has 0 atom stereocenters. The van der Waals surface area contributed by atoms with Crippen molar-refractivity contribution < 1.29 is 0 Å². The molecule has 3 heteroatoms. The molecular weight excluding hydrogens is 174 g/mol. The fourth-order valence-electron chi connectivity index (χ4n) is 2.28. The van der Waals surface area contributed by atoms with E-state index in [4.69, 9.17) is 0 Å². The van der Waals surface area contributed by atoms with Gasteiger partial charge in [0.15, 0.2) is 0 Å². The molecule has 2 N–H and O–H groups in total. The Balaban J connectivity index is 2.34. The molecule has 3 nitrogen and oxygen atoms in total. The van der Waals surface area contributed by atoms with Crippen LogP contribution < -0.4 is 5.32 Å². The van der Waals surface area contributed by atoms with Crippen LogP contribution in [0.3, 0.4) is 0 Å². The number of H-pyrrole nitrogens is 1. The Morgan fingerprint density at radius 2 is 2.29 bits per heavy atom. The largest absolute Gasteiger partial charge is 0.345 e. The quantitative estimate of drug-likeness (QED) is 0.751. The monoisotopic (exact) mass is 193 g/mol. The van der Waals surface area contributed by atoms with Crippen molar-refractivity contribution in [2.45, 2.75) is 45.1 Å². The molecule has 1 aromatic rings. The van der Waals surface area contributed by atoms with E-state index in [9.17, 15) is 0 Å². The van der Waals surface area contributed by atoms with Crippen molar-refractivity contribution in [2.75, 3.05) is 7.05 Å². The number of fused-ring (bicyclic) bond motifs is 1. The minimum Gasteiger partial charge on any atom is -0.345 e. The SMILES string of the molecule is CNCc1nc2c([nH]1)CCCC2(C)C. The van der Waals surface area contributed by atoms with Gasteiger partial charge < -0.3 is 10.3 Å². The minimum atomic E-state index is 0.260. The summed E-state index contributed by atoms with van der Waals surface area (Å²) in [7, 11) is 1.95. The van der Waals surface area contributed by atoms with Crippen LogP contribution in [0.2, 0.25) is 0 Å². The highest BCUT2D eigenvalue weighted by Gasteiger charge is 2.30. The molecule has 2 rings (SSSR count). The van der Waals surface area contributed by atoms with Crippen LogP contribution in [-0.2, 0) is 18.4 Å². The molecule has 0 fully saturated rings. The number of nitrogens with one attached hydrogen (secondary N) is 2. The highest BCUT2D eigenvalue weighted by atomic mass is 15.0. The highest BCUT2D eigenvalue weighted by Crippen LogP contribution is 2.34. The first-order valence-corrected chi connectivity index (χ1v) is 5.36. The average Bonchev–Trinajstić information content (AvgIpc) is 2.49. The third-order valence-electron chi connectivity index (χ3n) is 3.04. The van der Waals surface area contributed by atoms with Gasteiger partial charge in [0.25, 0.3) is 0 Å². The molecule has 0 aliphatic heterocycles. The number of hydrogen-bond donors (Lipinski definition) is 2. The first-order valence-electron chi connectivity index (χ1n) is 5.36. The molecule has 0 bridgehead atoms. The predicted octanol–water partition coefficient (Wildman–Crippen LogP) is 1.74. The summed E-state index contributed by atoms with van der Waals surface area (Å²) in [6.07, 6.45) is 3.69. The molecular formula is C11H19N3. The molecule has 1 aliphatic carbocycles. The summed E-state index contributed by atoms with van der Waals surface area (Å²) in [5.41, 5.74) is 2.90. The normalized spacial score (nSPS) is 19.4. The summed E-state index contributed by atoms with van der Waals surface area (Å²) in [6, 6.07) is 0. The lowest BCUT2D eigenvalue weighted by Gasteiger charge is -2.27. The zero-order valence-electron chi connectivity index (χ0n) is 9.28. The van der Waals surface area contributed by atoms with Gasteiger partial charge in [-0.15, -0.1) is 0 Å². The standard InChI is InChI=1S/C11H19N3/c1-11(2)6-4-5-8-10(11)14-9(13-8)7-12-3/h12H,4-7H2,1-3H3,(H,13,14). The summed E-state index contributed by atoms with van der Waals surface area (Å²) in [6.45, 7) is 5.41. The first kappa shape index (κ1) is 9.71. The number of imidazole rings is 1. The second-order valence-corrected chi connectivity index (χ2v) is 4.78. The zero-order chi connectivity index (χ0) is 10.2. The van der Waals surface area contributed by atoms with Crippen LogP contribution in [0.1, 0.15) is 43.9 Å². The summed E-state index contributed by atoms with van der Waals surface area (Å²) in [5.74, 6) is 1.08. The molecule has 1 heterocycles. The van der Waals surface area contributed by atoms with Crippen LogP contribution in [0.15, 0.2) is 0 Å². The van der Waals surface area contributed by atoms with Gasteiger partial charge in [-0.3, -0.25) is 0 Å². The first-order chi connectivity index (χ1) is 6.63. The van der Waals surface area contributed by atoms with Crippen molar-refractivity contribution in [1.29, 1.82) is 0 Å². The molecule has 0 amide bonds. The van der Waals surface area contributed by atoms with Gasteiger partial charge in [-0.05, 0) is 26.3 Å². The van der Waals surface area contributed by atoms with Gasteiger partial charge >= 0.3 is 0 Å². The lowest BCUT2D eigenvalue weighted by Crippen LogP contribution is -2.23. The van der Waals surface area contributed by atoms with Crippen LogP contribution in [0.25, 0.3) is 0 Å². The molecule has 0 radical (unpaired) electrons. The van der Waals surface area contributed by atoms with Crippen LogP contribution in [0, 0.1) is 0 Å².